The Labute approximate surface area is 154 Å². The number of carbonyl (C=O) groups excluding carboxylic acids is 2. The molecule has 144 valence electrons. The smallest absolute Gasteiger partial charge is 0.374 e. The molecule has 0 aromatic carbocycles. The topological polar surface area (TPSA) is 66.2 Å². The number of amides is 1. The molecule has 1 aromatic heterocycles. The number of esters is 1. The number of hydrogen-bond donors (Lipinski definition) is 0. The summed E-state index contributed by atoms with van der Waals surface area (Å²) in [6.45, 7) is 7.68. The van der Waals surface area contributed by atoms with Gasteiger partial charge in [-0.3, -0.25) is 14.6 Å². The van der Waals surface area contributed by atoms with Crippen LogP contribution in [-0.4, -0.2) is 79.0 Å². The molecule has 1 amide bonds. The zero-order chi connectivity index (χ0) is 18.5. The molecule has 2 aliphatic rings. The van der Waals surface area contributed by atoms with E-state index in [1.807, 2.05) is 11.0 Å². The van der Waals surface area contributed by atoms with Crippen molar-refractivity contribution in [1.82, 2.24) is 14.7 Å². The molecule has 3 heterocycles. The molecule has 0 spiro atoms. The van der Waals surface area contributed by atoms with Crippen molar-refractivity contribution in [2.45, 2.75) is 38.8 Å². The SMILES string of the molecule is COC(=O)c1occc1CN1CCN(CC(=O)N2CCCCC2C)CC1. The zero-order valence-electron chi connectivity index (χ0n) is 15.8. The summed E-state index contributed by atoms with van der Waals surface area (Å²) in [5, 5.41) is 0. The lowest BCUT2D eigenvalue weighted by Gasteiger charge is -2.38. The van der Waals surface area contributed by atoms with Crippen LogP contribution in [0.4, 0.5) is 0 Å². The Morgan fingerprint density at radius 2 is 1.88 bits per heavy atom. The molecule has 2 fully saturated rings. The largest absolute Gasteiger partial charge is 0.463 e. The van der Waals surface area contributed by atoms with Crippen LogP contribution in [0, 0.1) is 0 Å². The van der Waals surface area contributed by atoms with Gasteiger partial charge in [-0.1, -0.05) is 0 Å². The summed E-state index contributed by atoms with van der Waals surface area (Å²) in [6, 6.07) is 2.19. The number of carbonyl (C=O) groups is 2. The summed E-state index contributed by atoms with van der Waals surface area (Å²) < 4.78 is 10.00. The highest BCUT2D eigenvalue weighted by Gasteiger charge is 2.27. The lowest BCUT2D eigenvalue weighted by Crippen LogP contribution is -2.51. The van der Waals surface area contributed by atoms with E-state index in [-0.39, 0.29) is 11.7 Å². The minimum absolute atomic E-state index is 0.258. The molecule has 2 saturated heterocycles. The van der Waals surface area contributed by atoms with Gasteiger partial charge in [0.15, 0.2) is 0 Å². The first-order valence-electron chi connectivity index (χ1n) is 9.47. The van der Waals surface area contributed by atoms with Crippen LogP contribution in [0.3, 0.4) is 0 Å². The molecule has 0 aliphatic carbocycles. The van der Waals surface area contributed by atoms with Crippen LogP contribution in [0.15, 0.2) is 16.7 Å². The molecule has 26 heavy (non-hydrogen) atoms. The third-order valence-electron chi connectivity index (χ3n) is 5.46. The Morgan fingerprint density at radius 1 is 1.15 bits per heavy atom. The Bertz CT molecular complexity index is 622. The number of ether oxygens (including phenoxy) is 1. The second-order valence-corrected chi connectivity index (χ2v) is 7.25. The zero-order valence-corrected chi connectivity index (χ0v) is 15.8. The minimum atomic E-state index is -0.440. The number of piperidine rings is 1. The van der Waals surface area contributed by atoms with Gasteiger partial charge in [-0.2, -0.15) is 0 Å². The Kier molecular flexibility index (Phi) is 6.32. The van der Waals surface area contributed by atoms with E-state index in [0.29, 0.717) is 19.1 Å². The molecular formula is C19H29N3O4. The molecule has 0 saturated carbocycles. The van der Waals surface area contributed by atoms with E-state index in [9.17, 15) is 9.59 Å². The Balaban J connectivity index is 1.46. The fourth-order valence-corrected chi connectivity index (χ4v) is 3.83. The maximum atomic E-state index is 12.6. The van der Waals surface area contributed by atoms with Crippen molar-refractivity contribution in [3.05, 3.63) is 23.7 Å². The van der Waals surface area contributed by atoms with Gasteiger partial charge in [0.1, 0.15) is 0 Å². The lowest BCUT2D eigenvalue weighted by molar-refractivity contribution is -0.136. The highest BCUT2D eigenvalue weighted by Crippen LogP contribution is 2.18. The molecule has 1 aromatic rings. The van der Waals surface area contributed by atoms with Gasteiger partial charge >= 0.3 is 5.97 Å². The van der Waals surface area contributed by atoms with Crippen molar-refractivity contribution in [3.63, 3.8) is 0 Å². The number of rotatable bonds is 5. The van der Waals surface area contributed by atoms with Crippen LogP contribution in [0.1, 0.15) is 42.3 Å². The highest BCUT2D eigenvalue weighted by atomic mass is 16.5. The summed E-state index contributed by atoms with van der Waals surface area (Å²) in [4.78, 5) is 30.8. The predicted octanol–water partition coefficient (Wildman–Crippen LogP) is 1.58. The van der Waals surface area contributed by atoms with Crippen molar-refractivity contribution >= 4 is 11.9 Å². The number of hydrogen-bond acceptors (Lipinski definition) is 6. The molecule has 2 aliphatic heterocycles. The van der Waals surface area contributed by atoms with Crippen molar-refractivity contribution in [1.29, 1.82) is 0 Å². The normalized spacial score (nSPS) is 22.4. The maximum absolute atomic E-state index is 12.6. The van der Waals surface area contributed by atoms with Crippen molar-refractivity contribution in [3.8, 4) is 0 Å². The fraction of sp³-hybridized carbons (Fsp3) is 0.684. The molecule has 3 rings (SSSR count). The van der Waals surface area contributed by atoms with Crippen LogP contribution in [0.25, 0.3) is 0 Å². The monoisotopic (exact) mass is 363 g/mol. The quantitative estimate of drug-likeness (QED) is 0.740. The third-order valence-corrected chi connectivity index (χ3v) is 5.46. The number of piperazine rings is 1. The lowest BCUT2D eigenvalue weighted by atomic mass is 10.0. The first kappa shape index (κ1) is 18.9. The van der Waals surface area contributed by atoms with Crippen LogP contribution in [0.5, 0.6) is 0 Å². The first-order chi connectivity index (χ1) is 12.6. The van der Waals surface area contributed by atoms with Gasteiger partial charge in [-0.15, -0.1) is 0 Å². The van der Waals surface area contributed by atoms with Gasteiger partial charge < -0.3 is 14.1 Å². The average molecular weight is 363 g/mol. The second-order valence-electron chi connectivity index (χ2n) is 7.25. The van der Waals surface area contributed by atoms with Gasteiger partial charge in [0.25, 0.3) is 0 Å². The van der Waals surface area contributed by atoms with Crippen LogP contribution >= 0.6 is 0 Å². The average Bonchev–Trinajstić information content (AvgIpc) is 3.11. The fourth-order valence-electron chi connectivity index (χ4n) is 3.83. The molecular weight excluding hydrogens is 334 g/mol. The molecule has 7 heteroatoms. The Hall–Kier alpha value is -1.86. The summed E-state index contributed by atoms with van der Waals surface area (Å²) in [5.74, 6) is 0.0996. The minimum Gasteiger partial charge on any atom is -0.463 e. The molecule has 1 unspecified atom stereocenters. The summed E-state index contributed by atoms with van der Waals surface area (Å²) in [5.41, 5.74) is 0.850. The van der Waals surface area contributed by atoms with Crippen molar-refractivity contribution in [2.24, 2.45) is 0 Å². The molecule has 0 radical (unpaired) electrons. The van der Waals surface area contributed by atoms with E-state index >= 15 is 0 Å². The number of furan rings is 1. The van der Waals surface area contributed by atoms with E-state index < -0.39 is 5.97 Å². The standard InChI is InChI=1S/C19H29N3O4/c1-15-5-3-4-7-22(15)17(23)14-21-10-8-20(9-11-21)13-16-6-12-26-18(16)19(24)25-2/h6,12,15H,3-5,7-11,13-14H2,1-2H3. The number of methoxy groups -OCH3 is 1. The summed E-state index contributed by atoms with van der Waals surface area (Å²) in [7, 11) is 1.35. The van der Waals surface area contributed by atoms with E-state index in [4.69, 9.17) is 9.15 Å². The van der Waals surface area contributed by atoms with Gasteiger partial charge in [0.05, 0.1) is 19.9 Å². The van der Waals surface area contributed by atoms with Crippen molar-refractivity contribution in [2.75, 3.05) is 46.4 Å². The van der Waals surface area contributed by atoms with Crippen LogP contribution in [0.2, 0.25) is 0 Å². The van der Waals surface area contributed by atoms with E-state index in [1.54, 1.807) is 0 Å². The van der Waals surface area contributed by atoms with Gasteiger partial charge in [-0.25, -0.2) is 4.79 Å². The predicted molar refractivity (Wildman–Crippen MR) is 96.8 cm³/mol. The van der Waals surface area contributed by atoms with Gasteiger partial charge in [-0.05, 0) is 32.3 Å². The molecule has 1 atom stereocenters. The van der Waals surface area contributed by atoms with E-state index in [2.05, 4.69) is 16.7 Å². The maximum Gasteiger partial charge on any atom is 0.374 e. The third kappa shape index (κ3) is 4.45. The van der Waals surface area contributed by atoms with Gasteiger partial charge in [0, 0.05) is 50.9 Å². The van der Waals surface area contributed by atoms with E-state index in [1.165, 1.54) is 19.8 Å². The van der Waals surface area contributed by atoms with Crippen LogP contribution < -0.4 is 0 Å². The number of likely N-dealkylation sites (tertiary alicyclic amines) is 1. The highest BCUT2D eigenvalue weighted by molar-refractivity contribution is 5.87. The Morgan fingerprint density at radius 3 is 2.58 bits per heavy atom. The van der Waals surface area contributed by atoms with E-state index in [0.717, 1.165) is 51.1 Å². The summed E-state index contributed by atoms with van der Waals surface area (Å²) in [6.07, 6.45) is 4.99. The molecule has 0 N–H and O–H groups in total. The van der Waals surface area contributed by atoms with Crippen LogP contribution in [-0.2, 0) is 16.1 Å². The molecule has 0 bridgehead atoms. The first-order valence-corrected chi connectivity index (χ1v) is 9.47. The summed E-state index contributed by atoms with van der Waals surface area (Å²) >= 11 is 0. The number of nitrogens with zero attached hydrogens (tertiary/aromatic N) is 3. The van der Waals surface area contributed by atoms with Crippen molar-refractivity contribution < 1.29 is 18.7 Å². The molecule has 7 nitrogen and oxygen atoms in total. The van der Waals surface area contributed by atoms with Gasteiger partial charge in [0.2, 0.25) is 11.7 Å². The second kappa shape index (κ2) is 8.68.